The molecule has 0 aromatic heterocycles. The van der Waals surface area contributed by atoms with Gasteiger partial charge in [0.05, 0.1) is 5.56 Å². The van der Waals surface area contributed by atoms with Crippen LogP contribution in [0.15, 0.2) is 30.8 Å². The Kier molecular flexibility index (Phi) is 4.34. The maximum absolute atomic E-state index is 10.4. The minimum Gasteiger partial charge on any atom is -0.478 e. The van der Waals surface area contributed by atoms with Crippen molar-refractivity contribution in [3.8, 4) is 0 Å². The molecule has 3 heteroatoms. The molecule has 0 aliphatic rings. The van der Waals surface area contributed by atoms with Crippen molar-refractivity contribution in [1.82, 2.24) is 0 Å². The normalized spacial score (nSPS) is 8.33. The molecule has 0 amide bonds. The third-order valence-corrected chi connectivity index (χ3v) is 1.39. The van der Waals surface area contributed by atoms with Crippen LogP contribution in [0.25, 0.3) is 6.08 Å². The van der Waals surface area contributed by atoms with Gasteiger partial charge in [-0.25, -0.2) is 4.79 Å². The minimum absolute atomic E-state index is 0. The van der Waals surface area contributed by atoms with Crippen molar-refractivity contribution in [3.05, 3.63) is 42.0 Å². The second-order valence-corrected chi connectivity index (χ2v) is 2.13. The molecule has 12 heavy (non-hydrogen) atoms. The number of hydrogen-bond donors (Lipinski definition) is 1. The fourth-order valence-corrected chi connectivity index (χ4v) is 0.762. The third kappa shape index (κ3) is 2.53. The first-order valence-corrected chi connectivity index (χ1v) is 3.20. The molecule has 0 heterocycles. The van der Waals surface area contributed by atoms with Crippen LogP contribution in [0.2, 0.25) is 0 Å². The summed E-state index contributed by atoms with van der Waals surface area (Å²) in [5.41, 5.74) is 1.23. The molecular formula is C9H8CuO2. The standard InChI is InChI=1S/C9H8O2.Cu/c1-2-7-3-5-8(6-4-7)9(10)11;/h2-6H,1H2,(H,10,11);. The van der Waals surface area contributed by atoms with Crippen molar-refractivity contribution in [2.24, 2.45) is 0 Å². The maximum atomic E-state index is 10.4. The van der Waals surface area contributed by atoms with Gasteiger partial charge >= 0.3 is 5.97 Å². The smallest absolute Gasteiger partial charge is 0.335 e. The number of rotatable bonds is 2. The molecule has 0 saturated carbocycles. The molecule has 67 valence electrons. The first kappa shape index (κ1) is 10.9. The number of benzene rings is 1. The van der Waals surface area contributed by atoms with Crippen molar-refractivity contribution >= 4 is 12.0 Å². The Hall–Kier alpha value is -1.05. The van der Waals surface area contributed by atoms with Crippen LogP contribution < -0.4 is 0 Å². The predicted octanol–water partition coefficient (Wildman–Crippen LogP) is 2.03. The van der Waals surface area contributed by atoms with Gasteiger partial charge in [0.2, 0.25) is 0 Å². The summed E-state index contributed by atoms with van der Waals surface area (Å²) in [5.74, 6) is -0.902. The van der Waals surface area contributed by atoms with Gasteiger partial charge in [-0.2, -0.15) is 0 Å². The molecule has 1 aromatic carbocycles. The molecular weight excluding hydrogens is 204 g/mol. The van der Waals surface area contributed by atoms with Crippen molar-refractivity contribution < 1.29 is 27.0 Å². The van der Waals surface area contributed by atoms with E-state index in [4.69, 9.17) is 5.11 Å². The van der Waals surface area contributed by atoms with Crippen molar-refractivity contribution in [3.63, 3.8) is 0 Å². The molecule has 0 fully saturated rings. The topological polar surface area (TPSA) is 37.3 Å². The zero-order chi connectivity index (χ0) is 8.27. The van der Waals surface area contributed by atoms with Gasteiger partial charge in [0, 0.05) is 17.1 Å². The third-order valence-electron chi connectivity index (χ3n) is 1.39. The Morgan fingerprint density at radius 3 is 2.17 bits per heavy atom. The van der Waals surface area contributed by atoms with Crippen LogP contribution in [0.5, 0.6) is 0 Å². The second-order valence-electron chi connectivity index (χ2n) is 2.13. The van der Waals surface area contributed by atoms with Gasteiger partial charge in [0.25, 0.3) is 0 Å². The van der Waals surface area contributed by atoms with E-state index < -0.39 is 5.97 Å². The average molecular weight is 212 g/mol. The Balaban J connectivity index is 0.00000121. The first-order valence-electron chi connectivity index (χ1n) is 3.20. The largest absolute Gasteiger partial charge is 0.478 e. The molecule has 0 spiro atoms. The van der Waals surface area contributed by atoms with Gasteiger partial charge in [0.1, 0.15) is 0 Å². The number of carbonyl (C=O) groups is 1. The van der Waals surface area contributed by atoms with Crippen LogP contribution in [0.1, 0.15) is 15.9 Å². The van der Waals surface area contributed by atoms with E-state index in [1.165, 1.54) is 0 Å². The van der Waals surface area contributed by atoms with Crippen LogP contribution in [-0.2, 0) is 17.1 Å². The van der Waals surface area contributed by atoms with Crippen molar-refractivity contribution in [2.75, 3.05) is 0 Å². The first-order chi connectivity index (χ1) is 5.24. The molecule has 0 aliphatic carbocycles. The van der Waals surface area contributed by atoms with Crippen molar-refractivity contribution in [1.29, 1.82) is 0 Å². The Morgan fingerprint density at radius 2 is 1.83 bits per heavy atom. The number of carboxylic acid groups (broad SMARTS) is 1. The second kappa shape index (κ2) is 4.75. The van der Waals surface area contributed by atoms with Gasteiger partial charge in [0.15, 0.2) is 0 Å². The Bertz CT molecular complexity index is 277. The molecule has 0 saturated heterocycles. The zero-order valence-corrected chi connectivity index (χ0v) is 7.19. The molecule has 0 unspecified atom stereocenters. The summed E-state index contributed by atoms with van der Waals surface area (Å²) in [6.45, 7) is 3.56. The fraction of sp³-hybridized carbons (Fsp3) is 0. The van der Waals surface area contributed by atoms with E-state index in [2.05, 4.69) is 6.58 Å². The fourth-order valence-electron chi connectivity index (χ4n) is 0.762. The summed E-state index contributed by atoms with van der Waals surface area (Å²) in [7, 11) is 0. The predicted molar refractivity (Wildman–Crippen MR) is 43.5 cm³/mol. The van der Waals surface area contributed by atoms with E-state index in [1.54, 1.807) is 30.3 Å². The van der Waals surface area contributed by atoms with Crippen molar-refractivity contribution in [2.45, 2.75) is 0 Å². The maximum Gasteiger partial charge on any atom is 0.335 e. The van der Waals surface area contributed by atoms with Gasteiger partial charge < -0.3 is 5.11 Å². The van der Waals surface area contributed by atoms with Crippen LogP contribution in [0, 0.1) is 0 Å². The van der Waals surface area contributed by atoms with Crippen LogP contribution in [0.3, 0.4) is 0 Å². The van der Waals surface area contributed by atoms with Crippen LogP contribution in [0.4, 0.5) is 0 Å². The van der Waals surface area contributed by atoms with Crippen LogP contribution >= 0.6 is 0 Å². The molecule has 0 bridgehead atoms. The number of hydrogen-bond acceptors (Lipinski definition) is 1. The summed E-state index contributed by atoms with van der Waals surface area (Å²) in [6, 6.07) is 6.55. The Morgan fingerprint density at radius 1 is 1.33 bits per heavy atom. The molecule has 0 atom stereocenters. The molecule has 1 radical (unpaired) electrons. The molecule has 1 rings (SSSR count). The van der Waals surface area contributed by atoms with E-state index in [1.807, 2.05) is 0 Å². The van der Waals surface area contributed by atoms with E-state index in [0.717, 1.165) is 5.56 Å². The molecule has 1 N–H and O–H groups in total. The molecule has 1 aromatic rings. The minimum atomic E-state index is -0.902. The summed E-state index contributed by atoms with van der Waals surface area (Å²) >= 11 is 0. The van der Waals surface area contributed by atoms with E-state index in [9.17, 15) is 4.79 Å². The van der Waals surface area contributed by atoms with Gasteiger partial charge in [-0.05, 0) is 17.7 Å². The zero-order valence-electron chi connectivity index (χ0n) is 6.25. The summed E-state index contributed by atoms with van der Waals surface area (Å²) in [6.07, 6.45) is 1.67. The monoisotopic (exact) mass is 211 g/mol. The Labute approximate surface area is 81.4 Å². The summed E-state index contributed by atoms with van der Waals surface area (Å²) in [5, 5.41) is 8.52. The quantitative estimate of drug-likeness (QED) is 0.761. The number of carboxylic acids is 1. The van der Waals surface area contributed by atoms with E-state index >= 15 is 0 Å². The summed E-state index contributed by atoms with van der Waals surface area (Å²) < 4.78 is 0. The summed E-state index contributed by atoms with van der Waals surface area (Å²) in [4.78, 5) is 10.4. The SMILES string of the molecule is C=Cc1ccc(C(=O)O)cc1.[Cu]. The van der Waals surface area contributed by atoms with Gasteiger partial charge in [-0.15, -0.1) is 0 Å². The van der Waals surface area contributed by atoms with E-state index in [0.29, 0.717) is 5.56 Å². The average Bonchev–Trinajstić information content (AvgIpc) is 2.05. The van der Waals surface area contributed by atoms with E-state index in [-0.39, 0.29) is 17.1 Å². The van der Waals surface area contributed by atoms with Gasteiger partial charge in [-0.3, -0.25) is 0 Å². The molecule has 0 aliphatic heterocycles. The number of aromatic carboxylic acids is 1. The van der Waals surface area contributed by atoms with Crippen LogP contribution in [-0.4, -0.2) is 11.1 Å². The molecule has 2 nitrogen and oxygen atoms in total. The van der Waals surface area contributed by atoms with Gasteiger partial charge in [-0.1, -0.05) is 24.8 Å².